The zero-order valence-corrected chi connectivity index (χ0v) is 51.2. The fourth-order valence-corrected chi connectivity index (χ4v) is 8.70. The Morgan fingerprint density at radius 1 is 0.345 bits per heavy atom. The first-order chi connectivity index (χ1) is 41.8. The molecule has 0 unspecified atom stereocenters. The van der Waals surface area contributed by atoms with Crippen LogP contribution >= 0.6 is 0 Å². The topological polar surface area (TPSA) is 185 Å². The Hall–Kier alpha value is -9.68. The van der Waals surface area contributed by atoms with Crippen LogP contribution < -0.4 is 21.3 Å². The zero-order chi connectivity index (χ0) is 63.0. The van der Waals surface area contributed by atoms with E-state index in [-0.39, 0.29) is 58.1 Å². The Labute approximate surface area is 513 Å². The third-order valence-electron chi connectivity index (χ3n) is 14.2. The number of nitrogens with one attached hydrogen (secondary N) is 4. The molecule has 8 aromatic rings. The van der Waals surface area contributed by atoms with Gasteiger partial charge in [0.2, 0.25) is 23.6 Å². The maximum absolute atomic E-state index is 12.5. The van der Waals surface area contributed by atoms with E-state index in [1.165, 1.54) is 0 Å². The number of rotatable bonds is 24. The summed E-state index contributed by atoms with van der Waals surface area (Å²) in [5.41, 5.74) is 9.85. The van der Waals surface area contributed by atoms with Crippen molar-refractivity contribution < 1.29 is 38.4 Å². The molecule has 0 radical (unpaired) electrons. The van der Waals surface area contributed by atoms with Gasteiger partial charge in [-0.2, -0.15) is 0 Å². The molecule has 0 saturated carbocycles. The molecule has 4 N–H and O–H groups in total. The summed E-state index contributed by atoms with van der Waals surface area (Å²) in [5.74, 6) is 0.304. The lowest BCUT2D eigenvalue weighted by atomic mass is 9.82. The minimum Gasteiger partial charge on any atom is -0.326 e. The number of carbonyl (C=O) groups is 8. The lowest BCUT2D eigenvalue weighted by Gasteiger charge is -2.21. The number of amides is 4. The van der Waals surface area contributed by atoms with Gasteiger partial charge in [-0.15, -0.1) is 0 Å². The third-order valence-corrected chi connectivity index (χ3v) is 14.2. The largest absolute Gasteiger partial charge is 0.326 e. The van der Waals surface area contributed by atoms with Gasteiger partial charge in [0.15, 0.2) is 0 Å². The van der Waals surface area contributed by atoms with Crippen molar-refractivity contribution in [3.05, 3.63) is 263 Å². The van der Waals surface area contributed by atoms with Gasteiger partial charge < -0.3 is 21.3 Å². The van der Waals surface area contributed by atoms with Crippen LogP contribution in [0.2, 0.25) is 0 Å². The Balaban J connectivity index is 0.000000212. The second-order valence-electron chi connectivity index (χ2n) is 22.1. The van der Waals surface area contributed by atoms with Crippen LogP contribution in [0.4, 0.5) is 22.7 Å². The van der Waals surface area contributed by atoms with Gasteiger partial charge in [0.1, 0.15) is 23.1 Å². The number of carbonyl (C=O) groups excluding carboxylic acids is 8. The Morgan fingerprint density at radius 3 is 0.885 bits per heavy atom. The molecule has 0 saturated heterocycles. The minimum absolute atomic E-state index is 0.00641. The first kappa shape index (κ1) is 68.1. The quantitative estimate of drug-likeness (QED) is 0.0460. The Bertz CT molecular complexity index is 3510. The van der Waals surface area contributed by atoms with Crippen LogP contribution in [-0.4, -0.2) is 46.8 Å². The molecule has 0 aliphatic rings. The number of hydrogen-bond donors (Lipinski definition) is 4. The second-order valence-corrected chi connectivity index (χ2v) is 22.1. The molecule has 0 spiro atoms. The fourth-order valence-electron chi connectivity index (χ4n) is 8.70. The number of Topliss-reactive ketones (excluding diaryl/α,β-unsaturated/α-hetero) is 4. The number of para-hydroxylation sites is 4. The Morgan fingerprint density at radius 2 is 0.609 bits per heavy atom. The van der Waals surface area contributed by atoms with Gasteiger partial charge >= 0.3 is 0 Å². The minimum atomic E-state index is -0.346. The number of ketones is 4. The maximum Gasteiger partial charge on any atom is 0.228 e. The van der Waals surface area contributed by atoms with E-state index in [0.717, 1.165) is 68.0 Å². The summed E-state index contributed by atoms with van der Waals surface area (Å²) >= 11 is 0. The van der Waals surface area contributed by atoms with E-state index in [0.29, 0.717) is 63.5 Å². The van der Waals surface area contributed by atoms with Crippen LogP contribution in [0.1, 0.15) is 106 Å². The van der Waals surface area contributed by atoms with Crippen LogP contribution in [0.3, 0.4) is 0 Å². The van der Waals surface area contributed by atoms with Crippen molar-refractivity contribution in [3.63, 3.8) is 0 Å². The van der Waals surface area contributed by atoms with Crippen LogP contribution in [-0.2, 0) is 89.7 Å². The van der Waals surface area contributed by atoms with E-state index < -0.39 is 0 Å². The summed E-state index contributed by atoms with van der Waals surface area (Å²) in [7, 11) is 0. The highest BCUT2D eigenvalue weighted by Gasteiger charge is 2.26. The van der Waals surface area contributed by atoms with Gasteiger partial charge in [-0.25, -0.2) is 0 Å². The van der Waals surface area contributed by atoms with E-state index in [1.54, 1.807) is 6.92 Å². The van der Waals surface area contributed by atoms with Gasteiger partial charge in [0.25, 0.3) is 0 Å². The smallest absolute Gasteiger partial charge is 0.228 e. The van der Waals surface area contributed by atoms with E-state index in [1.807, 2.05) is 260 Å². The molecule has 450 valence electrons. The van der Waals surface area contributed by atoms with Crippen molar-refractivity contribution in [2.45, 2.75) is 113 Å². The average Bonchev–Trinajstić information content (AvgIpc) is 3.40. The summed E-state index contributed by atoms with van der Waals surface area (Å²) in [6, 6.07) is 68.2. The summed E-state index contributed by atoms with van der Waals surface area (Å²) in [5, 5.41) is 11.6. The molecular formula is C75H82N4O8. The first-order valence-corrected chi connectivity index (χ1v) is 29.6. The van der Waals surface area contributed by atoms with Crippen molar-refractivity contribution in [3.8, 4) is 0 Å². The fraction of sp³-hybridized carbons (Fsp3) is 0.253. The SMILES string of the molecule is CC(=O)Cc1ccccc1NC(=O)Cc1ccccc1.CC(C)C(=O)Cc1ccccc1NC(=O)Cc1ccccc1.CCC(=O)Cc1ccccc1NC(=O)Cc1ccccc1.CCC(C)(C)C(=O)Cc1ccccc1NC(=O)Cc1ccccc1. The highest BCUT2D eigenvalue weighted by atomic mass is 16.2. The van der Waals surface area contributed by atoms with Gasteiger partial charge in [-0.3, -0.25) is 38.4 Å². The van der Waals surface area contributed by atoms with Gasteiger partial charge in [-0.1, -0.05) is 236 Å². The second kappa shape index (κ2) is 36.2. The monoisotopic (exact) mass is 1170 g/mol. The van der Waals surface area contributed by atoms with Gasteiger partial charge in [0, 0.05) is 66.2 Å². The van der Waals surface area contributed by atoms with Crippen LogP contribution in [0.15, 0.2) is 218 Å². The predicted molar refractivity (Wildman–Crippen MR) is 351 cm³/mol. The molecule has 0 aliphatic carbocycles. The van der Waals surface area contributed by atoms with Crippen LogP contribution in [0.5, 0.6) is 0 Å². The average molecular weight is 1170 g/mol. The molecule has 0 aromatic heterocycles. The molecule has 0 heterocycles. The van der Waals surface area contributed by atoms with Crippen molar-refractivity contribution in [2.24, 2.45) is 11.3 Å². The van der Waals surface area contributed by atoms with Gasteiger partial charge in [-0.05, 0) is 82.1 Å². The molecule has 0 atom stereocenters. The molecular weight excluding hydrogens is 1080 g/mol. The summed E-state index contributed by atoms with van der Waals surface area (Å²) < 4.78 is 0. The van der Waals surface area contributed by atoms with Crippen molar-refractivity contribution in [2.75, 3.05) is 21.3 Å². The van der Waals surface area contributed by atoms with E-state index in [9.17, 15) is 38.4 Å². The standard InChI is InChI=1S/C21H25NO2.C19H21NO2.C18H19NO2.C17H17NO2/c1-4-21(2,3)19(23)15-17-12-8-9-13-18(17)22-20(24)14-16-10-6-5-7-11-16;1-14(2)18(21)13-16-10-6-7-11-17(16)20-19(22)12-15-8-4-3-5-9-15;1-2-16(20)13-15-10-6-7-11-17(15)19-18(21)12-14-8-4-3-5-9-14;1-13(19)11-15-9-5-6-10-16(15)18-17(20)12-14-7-3-2-4-8-14/h5-13H,4,14-15H2,1-3H3,(H,22,24);3-11,14H,12-13H2,1-2H3,(H,20,22);3-11H,2,12-13H2,1H3,(H,19,21);2-10H,11-12H2,1H3,(H,18,20). The summed E-state index contributed by atoms with van der Waals surface area (Å²) in [6.45, 7) is 13.1. The van der Waals surface area contributed by atoms with Crippen LogP contribution in [0.25, 0.3) is 0 Å². The maximum atomic E-state index is 12.5. The molecule has 0 aliphatic heterocycles. The lowest BCUT2D eigenvalue weighted by molar-refractivity contribution is -0.126. The highest BCUT2D eigenvalue weighted by molar-refractivity contribution is 5.97. The summed E-state index contributed by atoms with van der Waals surface area (Å²) in [6.07, 6.45) is 3.99. The van der Waals surface area contributed by atoms with Gasteiger partial charge in [0.05, 0.1) is 25.7 Å². The summed E-state index contributed by atoms with van der Waals surface area (Å²) in [4.78, 5) is 95.8. The zero-order valence-electron chi connectivity index (χ0n) is 51.2. The molecule has 8 rings (SSSR count). The normalized spacial score (nSPS) is 10.5. The van der Waals surface area contributed by atoms with Crippen LogP contribution in [0, 0.1) is 11.3 Å². The highest BCUT2D eigenvalue weighted by Crippen LogP contribution is 2.26. The van der Waals surface area contributed by atoms with E-state index in [2.05, 4.69) is 21.3 Å². The molecule has 0 fully saturated rings. The lowest BCUT2D eigenvalue weighted by Crippen LogP contribution is -2.25. The molecule has 4 amide bonds. The number of hydrogen-bond acceptors (Lipinski definition) is 8. The predicted octanol–water partition coefficient (Wildman–Crippen LogP) is 14.4. The third kappa shape index (κ3) is 25.2. The van der Waals surface area contributed by atoms with E-state index in [4.69, 9.17) is 0 Å². The molecule has 12 nitrogen and oxygen atoms in total. The first-order valence-electron chi connectivity index (χ1n) is 29.6. The molecule has 0 bridgehead atoms. The molecule has 8 aromatic carbocycles. The molecule has 87 heavy (non-hydrogen) atoms. The van der Waals surface area contributed by atoms with Crippen molar-refractivity contribution in [1.82, 2.24) is 0 Å². The molecule has 12 heteroatoms. The Kier molecular flexibility index (Phi) is 28.4. The number of anilines is 4. The van der Waals surface area contributed by atoms with Crippen molar-refractivity contribution in [1.29, 1.82) is 0 Å². The number of benzene rings is 8. The van der Waals surface area contributed by atoms with E-state index >= 15 is 0 Å². The van der Waals surface area contributed by atoms with Crippen molar-refractivity contribution >= 4 is 69.5 Å².